The van der Waals surface area contributed by atoms with Gasteiger partial charge in [0.05, 0.1) is 0 Å². The molecule has 0 bridgehead atoms. The SMILES string of the molecule is CC(C)C1CCC(Br)C(Cc2ccc3c(c2)CCC3)C1. The summed E-state index contributed by atoms with van der Waals surface area (Å²) in [5, 5.41) is 0. The van der Waals surface area contributed by atoms with Crippen molar-refractivity contribution in [2.24, 2.45) is 17.8 Å². The lowest BCUT2D eigenvalue weighted by Gasteiger charge is -2.35. The number of hydrogen-bond acceptors (Lipinski definition) is 0. The molecule has 1 fully saturated rings. The predicted molar refractivity (Wildman–Crippen MR) is 90.6 cm³/mol. The zero-order valence-corrected chi connectivity index (χ0v) is 14.5. The second-order valence-corrected chi connectivity index (χ2v) is 8.43. The first kappa shape index (κ1) is 14.6. The summed E-state index contributed by atoms with van der Waals surface area (Å²) >= 11 is 3.95. The average molecular weight is 335 g/mol. The van der Waals surface area contributed by atoms with Crippen LogP contribution in [-0.4, -0.2) is 4.83 Å². The van der Waals surface area contributed by atoms with E-state index in [0.29, 0.717) is 0 Å². The molecule has 0 spiro atoms. The van der Waals surface area contributed by atoms with Gasteiger partial charge >= 0.3 is 0 Å². The van der Waals surface area contributed by atoms with Gasteiger partial charge in [-0.15, -0.1) is 0 Å². The molecule has 20 heavy (non-hydrogen) atoms. The van der Waals surface area contributed by atoms with E-state index in [9.17, 15) is 0 Å². The van der Waals surface area contributed by atoms with E-state index in [0.717, 1.165) is 22.6 Å². The van der Waals surface area contributed by atoms with Gasteiger partial charge in [-0.25, -0.2) is 0 Å². The van der Waals surface area contributed by atoms with Gasteiger partial charge in [0.2, 0.25) is 0 Å². The van der Waals surface area contributed by atoms with Crippen LogP contribution in [0.3, 0.4) is 0 Å². The van der Waals surface area contributed by atoms with E-state index < -0.39 is 0 Å². The summed E-state index contributed by atoms with van der Waals surface area (Å²) in [5.74, 6) is 2.61. The number of fused-ring (bicyclic) bond motifs is 1. The van der Waals surface area contributed by atoms with Crippen LogP contribution in [-0.2, 0) is 19.3 Å². The first-order valence-electron chi connectivity index (χ1n) is 8.38. The Labute approximate surface area is 132 Å². The van der Waals surface area contributed by atoms with Gasteiger partial charge in [-0.05, 0) is 79.4 Å². The fraction of sp³-hybridized carbons (Fsp3) is 0.684. The van der Waals surface area contributed by atoms with Crippen molar-refractivity contribution >= 4 is 15.9 Å². The number of rotatable bonds is 3. The highest BCUT2D eigenvalue weighted by Gasteiger charge is 2.30. The maximum atomic E-state index is 3.95. The van der Waals surface area contributed by atoms with Gasteiger partial charge in [0.1, 0.15) is 0 Å². The topological polar surface area (TPSA) is 0 Å². The number of halogens is 1. The number of alkyl halides is 1. The molecule has 2 aliphatic rings. The standard InChI is InChI=1S/C19H27Br/c1-13(2)16-8-9-19(20)18(12-16)11-14-6-7-15-4-3-5-17(15)10-14/h6-7,10,13,16,18-19H,3-5,8-9,11-12H2,1-2H3. The molecule has 0 heterocycles. The van der Waals surface area contributed by atoms with Gasteiger partial charge in [-0.2, -0.15) is 0 Å². The maximum Gasteiger partial charge on any atom is 0.0177 e. The quantitative estimate of drug-likeness (QED) is 0.635. The Bertz CT molecular complexity index is 463. The molecule has 1 heteroatoms. The van der Waals surface area contributed by atoms with Crippen LogP contribution < -0.4 is 0 Å². The Morgan fingerprint density at radius 3 is 2.75 bits per heavy atom. The Morgan fingerprint density at radius 2 is 1.95 bits per heavy atom. The molecule has 2 aliphatic carbocycles. The lowest BCUT2D eigenvalue weighted by atomic mass is 9.74. The van der Waals surface area contributed by atoms with E-state index in [-0.39, 0.29) is 0 Å². The van der Waals surface area contributed by atoms with Gasteiger partial charge in [0, 0.05) is 4.83 Å². The van der Waals surface area contributed by atoms with Gasteiger partial charge in [-0.1, -0.05) is 48.0 Å². The third-order valence-corrected chi connectivity index (χ3v) is 6.74. The lowest BCUT2D eigenvalue weighted by molar-refractivity contribution is 0.223. The first-order chi connectivity index (χ1) is 9.63. The van der Waals surface area contributed by atoms with E-state index >= 15 is 0 Å². The molecule has 110 valence electrons. The lowest BCUT2D eigenvalue weighted by Crippen LogP contribution is -2.29. The molecule has 0 N–H and O–H groups in total. The molecular weight excluding hydrogens is 308 g/mol. The monoisotopic (exact) mass is 334 g/mol. The minimum Gasteiger partial charge on any atom is -0.0888 e. The highest BCUT2D eigenvalue weighted by atomic mass is 79.9. The minimum atomic E-state index is 0.728. The molecule has 1 aromatic carbocycles. The summed E-state index contributed by atoms with van der Waals surface area (Å²) in [6, 6.07) is 7.29. The molecule has 0 radical (unpaired) electrons. The summed E-state index contributed by atoms with van der Waals surface area (Å²) in [7, 11) is 0. The van der Waals surface area contributed by atoms with Crippen molar-refractivity contribution in [3.63, 3.8) is 0 Å². The molecule has 0 saturated heterocycles. The molecule has 3 rings (SSSR count). The highest BCUT2D eigenvalue weighted by molar-refractivity contribution is 9.09. The van der Waals surface area contributed by atoms with Crippen molar-refractivity contribution < 1.29 is 0 Å². The highest BCUT2D eigenvalue weighted by Crippen LogP contribution is 2.39. The largest absolute Gasteiger partial charge is 0.0888 e. The van der Waals surface area contributed by atoms with E-state index in [1.54, 1.807) is 16.7 Å². The van der Waals surface area contributed by atoms with Crippen LogP contribution in [0, 0.1) is 17.8 Å². The summed E-state index contributed by atoms with van der Waals surface area (Å²) < 4.78 is 0. The van der Waals surface area contributed by atoms with Crippen molar-refractivity contribution in [1.82, 2.24) is 0 Å². The second kappa shape index (κ2) is 6.22. The van der Waals surface area contributed by atoms with Crippen molar-refractivity contribution in [2.45, 2.75) is 63.6 Å². The Balaban J connectivity index is 1.69. The molecule has 3 atom stereocenters. The number of benzene rings is 1. The van der Waals surface area contributed by atoms with Crippen LogP contribution >= 0.6 is 15.9 Å². The van der Waals surface area contributed by atoms with Crippen molar-refractivity contribution in [3.05, 3.63) is 34.9 Å². The number of hydrogen-bond donors (Lipinski definition) is 0. The van der Waals surface area contributed by atoms with Crippen LogP contribution in [0.4, 0.5) is 0 Å². The average Bonchev–Trinajstić information content (AvgIpc) is 2.88. The molecule has 0 amide bonds. The van der Waals surface area contributed by atoms with Gasteiger partial charge in [0.25, 0.3) is 0 Å². The third kappa shape index (κ3) is 3.13. The fourth-order valence-corrected chi connectivity index (χ4v) is 4.80. The summed E-state index contributed by atoms with van der Waals surface area (Å²) in [4.78, 5) is 0.728. The van der Waals surface area contributed by atoms with Crippen molar-refractivity contribution in [3.8, 4) is 0 Å². The Hall–Kier alpha value is -0.300. The molecular formula is C19H27Br. The van der Waals surface area contributed by atoms with Gasteiger partial charge in [0.15, 0.2) is 0 Å². The van der Waals surface area contributed by atoms with Crippen LogP contribution in [0.15, 0.2) is 18.2 Å². The van der Waals surface area contributed by atoms with E-state index in [2.05, 4.69) is 48.0 Å². The molecule has 1 saturated carbocycles. The molecule has 0 aromatic heterocycles. The number of aryl methyl sites for hydroxylation is 2. The van der Waals surface area contributed by atoms with Crippen LogP contribution in [0.5, 0.6) is 0 Å². The second-order valence-electron chi connectivity index (χ2n) is 7.25. The molecule has 1 aromatic rings. The normalized spacial score (nSPS) is 29.7. The van der Waals surface area contributed by atoms with Crippen molar-refractivity contribution in [2.75, 3.05) is 0 Å². The zero-order valence-electron chi connectivity index (χ0n) is 12.9. The smallest absolute Gasteiger partial charge is 0.0177 e. The summed E-state index contributed by atoms with van der Waals surface area (Å²) in [6.45, 7) is 4.79. The van der Waals surface area contributed by atoms with Gasteiger partial charge < -0.3 is 0 Å². The van der Waals surface area contributed by atoms with E-state index in [1.807, 2.05) is 0 Å². The van der Waals surface area contributed by atoms with Crippen LogP contribution in [0.25, 0.3) is 0 Å². The van der Waals surface area contributed by atoms with Crippen molar-refractivity contribution in [1.29, 1.82) is 0 Å². The zero-order chi connectivity index (χ0) is 14.1. The van der Waals surface area contributed by atoms with Crippen LogP contribution in [0.2, 0.25) is 0 Å². The minimum absolute atomic E-state index is 0.728. The fourth-order valence-electron chi connectivity index (χ4n) is 4.13. The van der Waals surface area contributed by atoms with Gasteiger partial charge in [-0.3, -0.25) is 0 Å². The first-order valence-corrected chi connectivity index (χ1v) is 9.30. The Morgan fingerprint density at radius 1 is 1.15 bits per heavy atom. The van der Waals surface area contributed by atoms with E-state index in [4.69, 9.17) is 0 Å². The molecule has 0 nitrogen and oxygen atoms in total. The summed E-state index contributed by atoms with van der Waals surface area (Å²) in [5.41, 5.74) is 4.81. The van der Waals surface area contributed by atoms with E-state index in [1.165, 1.54) is 44.9 Å². The third-order valence-electron chi connectivity index (χ3n) is 5.53. The van der Waals surface area contributed by atoms with Crippen LogP contribution in [0.1, 0.15) is 56.2 Å². The Kier molecular flexibility index (Phi) is 4.55. The summed E-state index contributed by atoms with van der Waals surface area (Å²) in [6.07, 6.45) is 9.41. The predicted octanol–water partition coefficient (Wildman–Crippen LogP) is 5.55. The molecule has 3 unspecified atom stereocenters. The molecule has 0 aliphatic heterocycles. The maximum absolute atomic E-state index is 3.95.